The van der Waals surface area contributed by atoms with Crippen molar-refractivity contribution in [3.05, 3.63) is 11.7 Å². The lowest BCUT2D eigenvalue weighted by Gasteiger charge is -2.37. The van der Waals surface area contributed by atoms with Gasteiger partial charge in [0.25, 0.3) is 0 Å². The van der Waals surface area contributed by atoms with Gasteiger partial charge in [0.1, 0.15) is 0 Å². The first-order valence-electron chi connectivity index (χ1n) is 7.61. The van der Waals surface area contributed by atoms with Gasteiger partial charge in [-0.05, 0) is 20.3 Å². The van der Waals surface area contributed by atoms with Crippen LogP contribution in [0, 0.1) is 6.92 Å². The minimum Gasteiger partial charge on any atom is -0.339 e. The van der Waals surface area contributed by atoms with Crippen LogP contribution in [0.25, 0.3) is 0 Å². The molecule has 1 amide bonds. The fourth-order valence-corrected chi connectivity index (χ4v) is 2.64. The highest BCUT2D eigenvalue weighted by molar-refractivity contribution is 5.81. The Kier molecular flexibility index (Phi) is 5.30. The highest BCUT2D eigenvalue weighted by Gasteiger charge is 2.28. The lowest BCUT2D eigenvalue weighted by molar-refractivity contribution is -0.134. The number of hydrogen-bond donors (Lipinski definition) is 1. The van der Waals surface area contributed by atoms with Gasteiger partial charge in [0.2, 0.25) is 11.8 Å². The highest BCUT2D eigenvalue weighted by Crippen LogP contribution is 2.20. The molecule has 2 atom stereocenters. The molecule has 21 heavy (non-hydrogen) atoms. The van der Waals surface area contributed by atoms with Gasteiger partial charge in [-0.25, -0.2) is 0 Å². The molecule has 2 N–H and O–H groups in total. The monoisotopic (exact) mass is 295 g/mol. The molecule has 1 aliphatic heterocycles. The number of carbonyl (C=O) groups is 1. The van der Waals surface area contributed by atoms with E-state index in [1.165, 1.54) is 0 Å². The van der Waals surface area contributed by atoms with Gasteiger partial charge in [-0.3, -0.25) is 9.69 Å². The van der Waals surface area contributed by atoms with E-state index in [2.05, 4.69) is 15.0 Å². The van der Waals surface area contributed by atoms with Crippen LogP contribution in [0.2, 0.25) is 0 Å². The number of nitrogens with two attached hydrogens (primary N) is 1. The molecule has 2 unspecified atom stereocenters. The summed E-state index contributed by atoms with van der Waals surface area (Å²) in [5.41, 5.74) is 5.91. The van der Waals surface area contributed by atoms with Crippen molar-refractivity contribution >= 4 is 5.91 Å². The Morgan fingerprint density at radius 2 is 2.05 bits per heavy atom. The van der Waals surface area contributed by atoms with Gasteiger partial charge >= 0.3 is 0 Å². The first-order chi connectivity index (χ1) is 10.0. The first-order valence-corrected chi connectivity index (χ1v) is 7.61. The summed E-state index contributed by atoms with van der Waals surface area (Å²) in [7, 11) is 0. The number of hydrogen-bond acceptors (Lipinski definition) is 6. The van der Waals surface area contributed by atoms with E-state index < -0.39 is 0 Å². The maximum Gasteiger partial charge on any atom is 0.243 e. The Morgan fingerprint density at radius 3 is 2.57 bits per heavy atom. The summed E-state index contributed by atoms with van der Waals surface area (Å²) in [5, 5.41) is 3.83. The van der Waals surface area contributed by atoms with E-state index in [1.54, 1.807) is 0 Å². The van der Waals surface area contributed by atoms with Crippen LogP contribution in [-0.4, -0.2) is 58.1 Å². The second-order valence-corrected chi connectivity index (χ2v) is 5.61. The zero-order valence-corrected chi connectivity index (χ0v) is 13.1. The van der Waals surface area contributed by atoms with Crippen LogP contribution in [0.1, 0.15) is 44.4 Å². The third-order valence-corrected chi connectivity index (χ3v) is 3.99. The van der Waals surface area contributed by atoms with Crippen molar-refractivity contribution in [1.82, 2.24) is 19.9 Å². The molecule has 1 aromatic heterocycles. The molecule has 118 valence electrons. The predicted octanol–water partition coefficient (Wildman–Crippen LogP) is 0.711. The summed E-state index contributed by atoms with van der Waals surface area (Å²) in [6.07, 6.45) is 1.68. The van der Waals surface area contributed by atoms with Crippen LogP contribution in [0.4, 0.5) is 0 Å². The van der Waals surface area contributed by atoms with Crippen LogP contribution in [0.5, 0.6) is 0 Å². The fraction of sp³-hybridized carbons (Fsp3) is 0.786. The van der Waals surface area contributed by atoms with E-state index in [4.69, 9.17) is 10.3 Å². The van der Waals surface area contributed by atoms with Crippen LogP contribution in [0.3, 0.4) is 0 Å². The summed E-state index contributed by atoms with van der Waals surface area (Å²) in [5.74, 6) is 1.35. The minimum absolute atomic E-state index is 0.0674. The number of amides is 1. The van der Waals surface area contributed by atoms with Crippen molar-refractivity contribution < 1.29 is 9.32 Å². The molecular weight excluding hydrogens is 270 g/mol. The summed E-state index contributed by atoms with van der Waals surface area (Å²) in [6, 6.07) is -0.287. The molecule has 1 fully saturated rings. The van der Waals surface area contributed by atoms with E-state index in [0.717, 1.165) is 25.9 Å². The molecule has 0 bridgehead atoms. The maximum absolute atomic E-state index is 12.2. The standard InChI is InChI=1S/C14H25N5O2/c1-4-5-12(15)14(20)19-8-6-18(7-9-19)10(2)13-16-11(3)17-21-13/h10,12H,4-9,15H2,1-3H3. The average molecular weight is 295 g/mol. The van der Waals surface area contributed by atoms with Crippen molar-refractivity contribution in [1.29, 1.82) is 0 Å². The molecule has 1 aromatic rings. The smallest absolute Gasteiger partial charge is 0.243 e. The van der Waals surface area contributed by atoms with Crippen molar-refractivity contribution in [3.63, 3.8) is 0 Å². The van der Waals surface area contributed by atoms with Crippen molar-refractivity contribution in [2.24, 2.45) is 5.73 Å². The second-order valence-electron chi connectivity index (χ2n) is 5.61. The van der Waals surface area contributed by atoms with Crippen LogP contribution in [-0.2, 0) is 4.79 Å². The summed E-state index contributed by atoms with van der Waals surface area (Å²) in [6.45, 7) is 8.90. The van der Waals surface area contributed by atoms with Gasteiger partial charge in [-0.15, -0.1) is 0 Å². The molecule has 0 spiro atoms. The molecule has 0 saturated carbocycles. The number of carbonyl (C=O) groups excluding carboxylic acids is 1. The summed E-state index contributed by atoms with van der Waals surface area (Å²) in [4.78, 5) is 20.6. The molecule has 1 saturated heterocycles. The minimum atomic E-state index is -0.363. The Balaban J connectivity index is 1.87. The van der Waals surface area contributed by atoms with Gasteiger partial charge in [0.05, 0.1) is 12.1 Å². The van der Waals surface area contributed by atoms with Gasteiger partial charge < -0.3 is 15.2 Å². The molecule has 7 nitrogen and oxygen atoms in total. The third-order valence-electron chi connectivity index (χ3n) is 3.99. The zero-order valence-electron chi connectivity index (χ0n) is 13.1. The lowest BCUT2D eigenvalue weighted by atomic mass is 10.1. The molecule has 1 aliphatic rings. The Bertz CT molecular complexity index is 468. The lowest BCUT2D eigenvalue weighted by Crippen LogP contribution is -2.53. The van der Waals surface area contributed by atoms with E-state index in [0.29, 0.717) is 24.8 Å². The van der Waals surface area contributed by atoms with Crippen molar-refractivity contribution in [3.8, 4) is 0 Å². The molecule has 7 heteroatoms. The fourth-order valence-electron chi connectivity index (χ4n) is 2.64. The SMILES string of the molecule is CCCC(N)C(=O)N1CCN(C(C)c2nc(C)no2)CC1. The number of rotatable bonds is 5. The van der Waals surface area contributed by atoms with E-state index in [1.807, 2.05) is 25.7 Å². The van der Waals surface area contributed by atoms with E-state index in [9.17, 15) is 4.79 Å². The summed E-state index contributed by atoms with van der Waals surface area (Å²) < 4.78 is 5.22. The molecule has 0 aliphatic carbocycles. The summed E-state index contributed by atoms with van der Waals surface area (Å²) >= 11 is 0. The second kappa shape index (κ2) is 7.00. The number of nitrogens with zero attached hydrogens (tertiary/aromatic N) is 4. The van der Waals surface area contributed by atoms with Gasteiger partial charge in [0, 0.05) is 26.2 Å². The number of aryl methyl sites for hydroxylation is 1. The third kappa shape index (κ3) is 3.79. The van der Waals surface area contributed by atoms with Gasteiger partial charge in [-0.1, -0.05) is 18.5 Å². The van der Waals surface area contributed by atoms with E-state index in [-0.39, 0.29) is 18.0 Å². The molecule has 2 heterocycles. The zero-order chi connectivity index (χ0) is 15.4. The molecular formula is C14H25N5O2. The highest BCUT2D eigenvalue weighted by atomic mass is 16.5. The quantitative estimate of drug-likeness (QED) is 0.860. The van der Waals surface area contributed by atoms with Gasteiger partial charge in [0.15, 0.2) is 5.82 Å². The Hall–Kier alpha value is -1.47. The van der Waals surface area contributed by atoms with Crippen LogP contribution >= 0.6 is 0 Å². The molecule has 0 radical (unpaired) electrons. The van der Waals surface area contributed by atoms with Crippen LogP contribution < -0.4 is 5.73 Å². The predicted molar refractivity (Wildman–Crippen MR) is 78.5 cm³/mol. The maximum atomic E-state index is 12.2. The molecule has 2 rings (SSSR count). The van der Waals surface area contributed by atoms with E-state index >= 15 is 0 Å². The first kappa shape index (κ1) is 15.9. The molecule has 0 aromatic carbocycles. The normalized spacial score (nSPS) is 19.5. The topological polar surface area (TPSA) is 88.5 Å². The van der Waals surface area contributed by atoms with Crippen LogP contribution in [0.15, 0.2) is 4.52 Å². The van der Waals surface area contributed by atoms with Gasteiger partial charge in [-0.2, -0.15) is 4.98 Å². The van der Waals surface area contributed by atoms with Crippen molar-refractivity contribution in [2.75, 3.05) is 26.2 Å². The largest absolute Gasteiger partial charge is 0.339 e. The number of aromatic nitrogens is 2. The Morgan fingerprint density at radius 1 is 1.38 bits per heavy atom. The average Bonchev–Trinajstić information content (AvgIpc) is 2.92. The van der Waals surface area contributed by atoms with Crippen molar-refractivity contribution in [2.45, 2.75) is 45.7 Å². The number of piperazine rings is 1. The Labute approximate surface area is 125 Å².